The van der Waals surface area contributed by atoms with Crippen molar-refractivity contribution in [3.05, 3.63) is 54.1 Å². The normalized spacial score (nSPS) is 11.1. The zero-order valence-corrected chi connectivity index (χ0v) is 12.1. The molecule has 1 aromatic carbocycles. The topological polar surface area (TPSA) is 21.1 Å². The van der Waals surface area contributed by atoms with Gasteiger partial charge in [-0.05, 0) is 5.56 Å². The van der Waals surface area contributed by atoms with Gasteiger partial charge in [0.15, 0.2) is 0 Å². The van der Waals surface area contributed by atoms with Crippen molar-refractivity contribution in [1.82, 2.24) is 14.5 Å². The van der Waals surface area contributed by atoms with E-state index in [-0.39, 0.29) is 0 Å². The lowest BCUT2D eigenvalue weighted by molar-refractivity contribution is 0.282. The highest BCUT2D eigenvalue weighted by Crippen LogP contribution is 2.06. The van der Waals surface area contributed by atoms with Crippen molar-refractivity contribution in [2.45, 2.75) is 13.0 Å². The number of benzene rings is 1. The van der Waals surface area contributed by atoms with Crippen molar-refractivity contribution >= 4 is 11.6 Å². The summed E-state index contributed by atoms with van der Waals surface area (Å²) in [5.41, 5.74) is 1.33. The van der Waals surface area contributed by atoms with Crippen LogP contribution in [-0.2, 0) is 20.0 Å². The molecule has 2 rings (SSSR count). The smallest absolute Gasteiger partial charge is 0.109 e. The molecule has 0 aliphatic heterocycles. The molecule has 2 aromatic rings. The maximum atomic E-state index is 5.89. The van der Waals surface area contributed by atoms with Crippen LogP contribution < -0.4 is 0 Å². The summed E-state index contributed by atoms with van der Waals surface area (Å²) in [7, 11) is 2.03. The largest absolute Gasteiger partial charge is 0.338 e. The number of hydrogen-bond acceptors (Lipinski definition) is 2. The maximum Gasteiger partial charge on any atom is 0.109 e. The van der Waals surface area contributed by atoms with E-state index >= 15 is 0 Å². The molecule has 0 radical (unpaired) electrons. The third-order valence-electron chi connectivity index (χ3n) is 3.22. The van der Waals surface area contributed by atoms with Gasteiger partial charge >= 0.3 is 0 Å². The summed E-state index contributed by atoms with van der Waals surface area (Å²) in [4.78, 5) is 6.73. The Hall–Kier alpha value is -1.32. The fourth-order valence-corrected chi connectivity index (χ4v) is 2.37. The van der Waals surface area contributed by atoms with Crippen molar-refractivity contribution in [1.29, 1.82) is 0 Å². The molecule has 0 unspecified atom stereocenters. The van der Waals surface area contributed by atoms with E-state index < -0.39 is 0 Å². The van der Waals surface area contributed by atoms with Gasteiger partial charge in [0.25, 0.3) is 0 Å². The highest BCUT2D eigenvalue weighted by atomic mass is 35.5. The number of hydrogen-bond donors (Lipinski definition) is 0. The van der Waals surface area contributed by atoms with E-state index in [0.29, 0.717) is 5.88 Å². The molecule has 0 aliphatic carbocycles. The highest BCUT2D eigenvalue weighted by molar-refractivity contribution is 6.18. The summed E-state index contributed by atoms with van der Waals surface area (Å²) >= 11 is 5.89. The first-order valence-electron chi connectivity index (χ1n) is 6.58. The van der Waals surface area contributed by atoms with E-state index in [1.807, 2.05) is 25.5 Å². The molecule has 3 nitrogen and oxygen atoms in total. The number of nitrogens with zero attached hydrogens (tertiary/aromatic N) is 3. The average molecular weight is 278 g/mol. The van der Waals surface area contributed by atoms with Crippen LogP contribution >= 0.6 is 11.6 Å². The summed E-state index contributed by atoms with van der Waals surface area (Å²) in [6.45, 7) is 2.82. The van der Waals surface area contributed by atoms with E-state index in [9.17, 15) is 0 Å². The summed E-state index contributed by atoms with van der Waals surface area (Å²) in [5.74, 6) is 1.78. The fraction of sp³-hybridized carbons (Fsp3) is 0.400. The molecule has 0 aliphatic rings. The molecular formula is C15H20ClN3. The number of rotatable bonds is 7. The second-order valence-corrected chi connectivity index (χ2v) is 5.03. The molecule has 0 amide bonds. The molecule has 0 bridgehead atoms. The Labute approximate surface area is 119 Å². The highest BCUT2D eigenvalue weighted by Gasteiger charge is 2.07. The van der Waals surface area contributed by atoms with Crippen molar-refractivity contribution < 1.29 is 0 Å². The van der Waals surface area contributed by atoms with Crippen LogP contribution in [0.25, 0.3) is 0 Å². The van der Waals surface area contributed by atoms with Gasteiger partial charge in [-0.25, -0.2) is 4.98 Å². The van der Waals surface area contributed by atoms with Gasteiger partial charge in [-0.2, -0.15) is 0 Å². The molecule has 0 spiro atoms. The van der Waals surface area contributed by atoms with Gasteiger partial charge in [0, 0.05) is 51.4 Å². The summed E-state index contributed by atoms with van der Waals surface area (Å²) < 4.78 is 2.07. The van der Waals surface area contributed by atoms with E-state index in [4.69, 9.17) is 11.6 Å². The Bertz CT molecular complexity index is 481. The predicted molar refractivity (Wildman–Crippen MR) is 79.4 cm³/mol. The Morgan fingerprint density at radius 1 is 1.21 bits per heavy atom. The summed E-state index contributed by atoms with van der Waals surface area (Å²) in [6.07, 6.45) is 4.78. The van der Waals surface area contributed by atoms with Crippen molar-refractivity contribution in [2.75, 3.05) is 19.0 Å². The second-order valence-electron chi connectivity index (χ2n) is 4.66. The Kier molecular flexibility index (Phi) is 5.43. The standard InChI is InChI=1S/C15H20ClN3/c1-18-12-9-17-15(18)7-10-19(11-8-16)13-14-5-3-2-4-6-14/h2-6,9,12H,7-8,10-11,13H2,1H3. The Morgan fingerprint density at radius 2 is 2.00 bits per heavy atom. The maximum absolute atomic E-state index is 5.89. The zero-order chi connectivity index (χ0) is 13.5. The molecule has 0 N–H and O–H groups in total. The van der Waals surface area contributed by atoms with Crippen LogP contribution in [0.2, 0.25) is 0 Å². The summed E-state index contributed by atoms with van der Waals surface area (Å²) in [6, 6.07) is 10.5. The molecule has 102 valence electrons. The molecule has 0 saturated carbocycles. The zero-order valence-electron chi connectivity index (χ0n) is 11.3. The van der Waals surface area contributed by atoms with E-state index in [0.717, 1.165) is 31.9 Å². The van der Waals surface area contributed by atoms with Gasteiger partial charge in [-0.1, -0.05) is 30.3 Å². The first-order chi connectivity index (χ1) is 9.29. The SMILES string of the molecule is Cn1ccnc1CCN(CCCl)Cc1ccccc1. The van der Waals surface area contributed by atoms with E-state index in [1.165, 1.54) is 5.56 Å². The molecule has 0 saturated heterocycles. The molecule has 19 heavy (non-hydrogen) atoms. The first kappa shape index (κ1) is 14.1. The predicted octanol–water partition coefficient (Wildman–Crippen LogP) is 2.70. The van der Waals surface area contributed by atoms with Crippen LogP contribution in [0.1, 0.15) is 11.4 Å². The van der Waals surface area contributed by atoms with Crippen LogP contribution in [0.4, 0.5) is 0 Å². The number of alkyl halides is 1. The van der Waals surface area contributed by atoms with Crippen molar-refractivity contribution in [2.24, 2.45) is 7.05 Å². The number of aryl methyl sites for hydroxylation is 1. The quantitative estimate of drug-likeness (QED) is 0.726. The van der Waals surface area contributed by atoms with Gasteiger partial charge in [0.1, 0.15) is 5.82 Å². The van der Waals surface area contributed by atoms with Gasteiger partial charge < -0.3 is 4.57 Å². The molecule has 1 aromatic heterocycles. The summed E-state index contributed by atoms with van der Waals surface area (Å²) in [5, 5.41) is 0. The van der Waals surface area contributed by atoms with Crippen LogP contribution in [-0.4, -0.2) is 33.4 Å². The first-order valence-corrected chi connectivity index (χ1v) is 7.11. The van der Waals surface area contributed by atoms with Crippen LogP contribution in [0, 0.1) is 0 Å². The van der Waals surface area contributed by atoms with Gasteiger partial charge in [0.2, 0.25) is 0 Å². The molecule has 0 fully saturated rings. The lowest BCUT2D eigenvalue weighted by Crippen LogP contribution is -2.28. The van der Waals surface area contributed by atoms with Crippen molar-refractivity contribution in [3.63, 3.8) is 0 Å². The average Bonchev–Trinajstić information content (AvgIpc) is 2.83. The molecule has 0 atom stereocenters. The van der Waals surface area contributed by atoms with Crippen LogP contribution in [0.15, 0.2) is 42.7 Å². The Morgan fingerprint density at radius 3 is 2.63 bits per heavy atom. The van der Waals surface area contributed by atoms with Crippen molar-refractivity contribution in [3.8, 4) is 0 Å². The minimum Gasteiger partial charge on any atom is -0.338 e. The molecule has 4 heteroatoms. The molecular weight excluding hydrogens is 258 g/mol. The third-order valence-corrected chi connectivity index (χ3v) is 3.39. The molecule has 1 heterocycles. The minimum atomic E-state index is 0.660. The van der Waals surface area contributed by atoms with E-state index in [2.05, 4.69) is 38.7 Å². The fourth-order valence-electron chi connectivity index (χ4n) is 2.13. The van der Waals surface area contributed by atoms with Crippen LogP contribution in [0.3, 0.4) is 0 Å². The lowest BCUT2D eigenvalue weighted by atomic mass is 10.2. The Balaban J connectivity index is 1.91. The third kappa shape index (κ3) is 4.37. The van der Waals surface area contributed by atoms with Crippen LogP contribution in [0.5, 0.6) is 0 Å². The number of aromatic nitrogens is 2. The number of imidazole rings is 1. The van der Waals surface area contributed by atoms with E-state index in [1.54, 1.807) is 0 Å². The van der Waals surface area contributed by atoms with Gasteiger partial charge in [-0.15, -0.1) is 11.6 Å². The minimum absolute atomic E-state index is 0.660. The monoisotopic (exact) mass is 277 g/mol. The number of halogens is 1. The lowest BCUT2D eigenvalue weighted by Gasteiger charge is -2.21. The van der Waals surface area contributed by atoms with Gasteiger partial charge in [-0.3, -0.25) is 4.90 Å². The second kappa shape index (κ2) is 7.31. The van der Waals surface area contributed by atoms with Gasteiger partial charge in [0.05, 0.1) is 0 Å².